The Labute approximate surface area is 118 Å². The number of nitrogens with one attached hydrogen (secondary N) is 1. The fraction of sp³-hybridized carbons (Fsp3) is 0.333. The lowest BCUT2D eigenvalue weighted by Gasteiger charge is -2.12. The number of carboxylic acids is 1. The van der Waals surface area contributed by atoms with Crippen molar-refractivity contribution in [1.82, 2.24) is 0 Å². The van der Waals surface area contributed by atoms with Crippen molar-refractivity contribution in [2.45, 2.75) is 25.0 Å². The molecule has 0 spiro atoms. The van der Waals surface area contributed by atoms with Crippen molar-refractivity contribution in [3.63, 3.8) is 0 Å². The summed E-state index contributed by atoms with van der Waals surface area (Å²) in [5.41, 5.74) is -0.554. The fourth-order valence-corrected chi connectivity index (χ4v) is 2.00. The summed E-state index contributed by atoms with van der Waals surface area (Å²) in [6.45, 7) is 0. The number of amides is 1. The number of carbonyl (C=O) groups excluding carboxylic acids is 1. The van der Waals surface area contributed by atoms with Gasteiger partial charge in [-0.2, -0.15) is 0 Å². The number of carbonyl (C=O) groups is 2. The van der Waals surface area contributed by atoms with Crippen LogP contribution < -0.4 is 5.32 Å². The lowest BCUT2D eigenvalue weighted by atomic mass is 10.2. The van der Waals surface area contributed by atoms with E-state index in [1.165, 1.54) is 12.1 Å². The van der Waals surface area contributed by atoms with E-state index in [-0.39, 0.29) is 24.3 Å². The molecule has 0 saturated carbocycles. The maximum atomic E-state index is 11.9. The third kappa shape index (κ3) is 3.26. The Kier molecular flexibility index (Phi) is 4.03. The molecule has 1 aromatic carbocycles. The average Bonchev–Trinajstić information content (AvgIpc) is 2.90. The van der Waals surface area contributed by atoms with Crippen LogP contribution in [0.4, 0.5) is 11.4 Å². The van der Waals surface area contributed by atoms with Gasteiger partial charge in [-0.1, -0.05) is 0 Å². The SMILES string of the molecule is O=C(Nc1ccc(O)cc1[N+](=O)[O-])[C@@H]1CC[C@H](C(=O)O)O1. The highest BCUT2D eigenvalue weighted by atomic mass is 16.6. The van der Waals surface area contributed by atoms with E-state index in [0.29, 0.717) is 0 Å². The van der Waals surface area contributed by atoms with Crippen LogP contribution in [-0.4, -0.2) is 39.2 Å². The molecule has 0 unspecified atom stereocenters. The van der Waals surface area contributed by atoms with Crippen LogP contribution in [0.15, 0.2) is 18.2 Å². The molecule has 1 aromatic rings. The number of nitrogens with zero attached hydrogens (tertiary/aromatic N) is 1. The summed E-state index contributed by atoms with van der Waals surface area (Å²) in [5.74, 6) is -2.11. The van der Waals surface area contributed by atoms with Crippen LogP contribution in [0, 0.1) is 10.1 Å². The molecular weight excluding hydrogens is 284 g/mol. The number of phenols is 1. The van der Waals surface area contributed by atoms with Crippen molar-refractivity contribution in [2.24, 2.45) is 0 Å². The van der Waals surface area contributed by atoms with Crippen molar-refractivity contribution < 1.29 is 29.5 Å². The van der Waals surface area contributed by atoms with E-state index >= 15 is 0 Å². The molecule has 0 aromatic heterocycles. The van der Waals surface area contributed by atoms with Gasteiger partial charge in [-0.05, 0) is 25.0 Å². The Morgan fingerprint density at radius 3 is 2.57 bits per heavy atom. The lowest BCUT2D eigenvalue weighted by Crippen LogP contribution is -2.30. The number of ether oxygens (including phenoxy) is 1. The van der Waals surface area contributed by atoms with E-state index in [2.05, 4.69) is 5.32 Å². The predicted molar refractivity (Wildman–Crippen MR) is 68.9 cm³/mol. The third-order valence-electron chi connectivity index (χ3n) is 3.02. The molecule has 1 fully saturated rings. The first-order chi connectivity index (χ1) is 9.88. The van der Waals surface area contributed by atoms with Gasteiger partial charge in [0.25, 0.3) is 11.6 Å². The summed E-state index contributed by atoms with van der Waals surface area (Å²) in [5, 5.41) is 31.2. The van der Waals surface area contributed by atoms with Crippen LogP contribution in [0.3, 0.4) is 0 Å². The summed E-state index contributed by atoms with van der Waals surface area (Å²) >= 11 is 0. The van der Waals surface area contributed by atoms with Gasteiger partial charge in [0.1, 0.15) is 17.5 Å². The summed E-state index contributed by atoms with van der Waals surface area (Å²) < 4.78 is 5.05. The molecule has 1 saturated heterocycles. The molecule has 112 valence electrons. The van der Waals surface area contributed by atoms with E-state index in [1.807, 2.05) is 0 Å². The highest BCUT2D eigenvalue weighted by molar-refractivity contribution is 5.96. The first-order valence-electron chi connectivity index (χ1n) is 6.05. The zero-order chi connectivity index (χ0) is 15.6. The monoisotopic (exact) mass is 296 g/mol. The van der Waals surface area contributed by atoms with E-state index < -0.39 is 34.7 Å². The van der Waals surface area contributed by atoms with Crippen LogP contribution in [0.5, 0.6) is 5.75 Å². The Morgan fingerprint density at radius 1 is 1.33 bits per heavy atom. The summed E-state index contributed by atoms with van der Waals surface area (Å²) in [6, 6.07) is 3.29. The molecule has 1 aliphatic rings. The smallest absolute Gasteiger partial charge is 0.332 e. The topological polar surface area (TPSA) is 139 Å². The minimum atomic E-state index is -1.15. The van der Waals surface area contributed by atoms with Gasteiger partial charge in [0.2, 0.25) is 0 Å². The Bertz CT molecular complexity index is 601. The van der Waals surface area contributed by atoms with Gasteiger partial charge in [-0.25, -0.2) is 4.79 Å². The van der Waals surface area contributed by atoms with Crippen LogP contribution in [-0.2, 0) is 14.3 Å². The number of anilines is 1. The van der Waals surface area contributed by atoms with Gasteiger partial charge >= 0.3 is 5.97 Å². The number of hydrogen-bond acceptors (Lipinski definition) is 6. The normalized spacial score (nSPS) is 21.0. The van der Waals surface area contributed by atoms with Crippen LogP contribution in [0.2, 0.25) is 0 Å². The summed E-state index contributed by atoms with van der Waals surface area (Å²) in [4.78, 5) is 32.8. The second-order valence-electron chi connectivity index (χ2n) is 4.48. The number of nitro groups is 1. The number of hydrogen-bond donors (Lipinski definition) is 3. The molecule has 1 amide bonds. The van der Waals surface area contributed by atoms with Crippen molar-refractivity contribution in [1.29, 1.82) is 0 Å². The van der Waals surface area contributed by atoms with Gasteiger partial charge in [0.05, 0.1) is 11.0 Å². The highest BCUT2D eigenvalue weighted by Crippen LogP contribution is 2.29. The first kappa shape index (κ1) is 14.7. The van der Waals surface area contributed by atoms with Crippen molar-refractivity contribution >= 4 is 23.3 Å². The predicted octanol–water partition coefficient (Wildman–Crippen LogP) is 0.871. The standard InChI is InChI=1S/C12H12N2O7/c15-6-1-2-7(8(5-6)14(19)20)13-11(16)9-3-4-10(21-9)12(17)18/h1-2,5,9-10,15H,3-4H2,(H,13,16)(H,17,18)/t9-,10+/m0/s1. The largest absolute Gasteiger partial charge is 0.508 e. The van der Waals surface area contributed by atoms with Gasteiger partial charge < -0.3 is 20.3 Å². The zero-order valence-electron chi connectivity index (χ0n) is 10.7. The number of phenolic OH excluding ortho intramolecular Hbond substituents is 1. The molecule has 1 aliphatic heterocycles. The zero-order valence-corrected chi connectivity index (χ0v) is 10.7. The minimum absolute atomic E-state index is 0.0924. The number of aliphatic carboxylic acids is 1. The van der Waals surface area contributed by atoms with Crippen molar-refractivity contribution in [3.8, 4) is 5.75 Å². The van der Waals surface area contributed by atoms with E-state index in [1.54, 1.807) is 0 Å². The Morgan fingerprint density at radius 2 is 2.00 bits per heavy atom. The molecule has 21 heavy (non-hydrogen) atoms. The highest BCUT2D eigenvalue weighted by Gasteiger charge is 2.35. The molecule has 0 aliphatic carbocycles. The van der Waals surface area contributed by atoms with Crippen LogP contribution in [0.1, 0.15) is 12.8 Å². The number of rotatable bonds is 4. The molecule has 0 radical (unpaired) electrons. The number of nitro benzene ring substituents is 1. The maximum absolute atomic E-state index is 11.9. The number of carboxylic acid groups (broad SMARTS) is 1. The Hall–Kier alpha value is -2.68. The molecular formula is C12H12N2O7. The van der Waals surface area contributed by atoms with E-state index in [4.69, 9.17) is 9.84 Å². The van der Waals surface area contributed by atoms with Gasteiger partial charge in [0.15, 0.2) is 6.10 Å². The second kappa shape index (κ2) is 5.75. The van der Waals surface area contributed by atoms with Crippen molar-refractivity contribution in [2.75, 3.05) is 5.32 Å². The summed E-state index contributed by atoms with van der Waals surface area (Å²) in [7, 11) is 0. The molecule has 0 bridgehead atoms. The van der Waals surface area contributed by atoms with Gasteiger partial charge in [-0.3, -0.25) is 14.9 Å². The Balaban J connectivity index is 2.10. The molecule has 9 nitrogen and oxygen atoms in total. The van der Waals surface area contributed by atoms with Gasteiger partial charge in [-0.15, -0.1) is 0 Å². The molecule has 2 rings (SSSR count). The number of aromatic hydroxyl groups is 1. The second-order valence-corrected chi connectivity index (χ2v) is 4.48. The molecule has 3 N–H and O–H groups in total. The molecule has 9 heteroatoms. The minimum Gasteiger partial charge on any atom is -0.508 e. The first-order valence-corrected chi connectivity index (χ1v) is 6.05. The number of benzene rings is 1. The lowest BCUT2D eigenvalue weighted by molar-refractivity contribution is -0.384. The van der Waals surface area contributed by atoms with Crippen molar-refractivity contribution in [3.05, 3.63) is 28.3 Å². The molecule has 1 heterocycles. The molecule has 2 atom stereocenters. The van der Waals surface area contributed by atoms with E-state index in [9.17, 15) is 24.8 Å². The quantitative estimate of drug-likeness (QED) is 0.425. The fourth-order valence-electron chi connectivity index (χ4n) is 2.00. The van der Waals surface area contributed by atoms with Gasteiger partial charge in [0, 0.05) is 0 Å². The maximum Gasteiger partial charge on any atom is 0.332 e. The van der Waals surface area contributed by atoms with Crippen LogP contribution in [0.25, 0.3) is 0 Å². The van der Waals surface area contributed by atoms with Crippen LogP contribution >= 0.6 is 0 Å². The summed E-state index contributed by atoms with van der Waals surface area (Å²) in [6.07, 6.45) is -1.60. The van der Waals surface area contributed by atoms with E-state index in [0.717, 1.165) is 6.07 Å². The third-order valence-corrected chi connectivity index (χ3v) is 3.02. The average molecular weight is 296 g/mol.